The van der Waals surface area contributed by atoms with E-state index in [1.54, 1.807) is 7.11 Å². The van der Waals surface area contributed by atoms with E-state index < -0.39 is 16.9 Å². The van der Waals surface area contributed by atoms with Crippen LogP contribution in [0.2, 0.25) is 0 Å². The molecule has 0 bridgehead atoms. The van der Waals surface area contributed by atoms with E-state index in [0.29, 0.717) is 17.3 Å². The van der Waals surface area contributed by atoms with E-state index in [0.717, 1.165) is 11.3 Å². The van der Waals surface area contributed by atoms with Crippen LogP contribution in [0, 0.1) is 10.1 Å². The maximum absolute atomic E-state index is 12.5. The number of nitro benzene ring substituents is 1. The standard InChI is InChI=1S/C19H18N6O5/c1-30-12-5-2-10(3-6-12)15-9-16(22-21-15)18(26)24-23-17-13-8-11(25(28)29)4-7-14(13)20-19(17)27/h2-8,15-16,20-22,27H,9H2,1H3. The first kappa shape index (κ1) is 19.5. The number of azo groups is 1. The molecule has 11 heteroatoms. The summed E-state index contributed by atoms with van der Waals surface area (Å²) in [7, 11) is 1.59. The maximum Gasteiger partial charge on any atom is 0.282 e. The van der Waals surface area contributed by atoms with Gasteiger partial charge >= 0.3 is 0 Å². The monoisotopic (exact) mass is 410 g/mol. The molecule has 1 fully saturated rings. The quantitative estimate of drug-likeness (QED) is 0.286. The molecule has 2 unspecified atom stereocenters. The molecule has 1 aromatic heterocycles. The Morgan fingerprint density at radius 1 is 1.23 bits per heavy atom. The van der Waals surface area contributed by atoms with E-state index >= 15 is 0 Å². The Morgan fingerprint density at radius 3 is 2.70 bits per heavy atom. The highest BCUT2D eigenvalue weighted by molar-refractivity contribution is 5.96. The molecule has 4 rings (SSSR count). The fourth-order valence-electron chi connectivity index (χ4n) is 3.31. The molecule has 1 aliphatic rings. The summed E-state index contributed by atoms with van der Waals surface area (Å²) in [5.41, 5.74) is 7.19. The van der Waals surface area contributed by atoms with Gasteiger partial charge in [0.15, 0.2) is 5.69 Å². The largest absolute Gasteiger partial charge is 0.497 e. The second-order valence-electron chi connectivity index (χ2n) is 6.75. The number of amides is 1. The molecule has 154 valence electrons. The number of aromatic amines is 1. The summed E-state index contributed by atoms with van der Waals surface area (Å²) in [6.45, 7) is 0. The van der Waals surface area contributed by atoms with Crippen molar-refractivity contribution in [1.29, 1.82) is 0 Å². The van der Waals surface area contributed by atoms with Gasteiger partial charge in [-0.3, -0.25) is 14.9 Å². The molecule has 0 saturated carbocycles. The van der Waals surface area contributed by atoms with Gasteiger partial charge in [-0.15, -0.1) is 10.2 Å². The first-order valence-electron chi connectivity index (χ1n) is 9.06. The van der Waals surface area contributed by atoms with Gasteiger partial charge in [0.2, 0.25) is 5.88 Å². The summed E-state index contributed by atoms with van der Waals surface area (Å²) in [6, 6.07) is 10.8. The minimum absolute atomic E-state index is 0.0280. The number of ether oxygens (including phenoxy) is 1. The van der Waals surface area contributed by atoms with Gasteiger partial charge in [-0.25, -0.2) is 10.9 Å². The van der Waals surface area contributed by atoms with Crippen LogP contribution in [0.15, 0.2) is 52.7 Å². The van der Waals surface area contributed by atoms with Gasteiger partial charge < -0.3 is 14.8 Å². The average molecular weight is 410 g/mol. The van der Waals surface area contributed by atoms with Crippen molar-refractivity contribution in [2.75, 3.05) is 7.11 Å². The number of carbonyl (C=O) groups excluding carboxylic acids is 1. The molecule has 4 N–H and O–H groups in total. The van der Waals surface area contributed by atoms with E-state index in [9.17, 15) is 20.0 Å². The second-order valence-corrected chi connectivity index (χ2v) is 6.75. The number of nitrogens with zero attached hydrogens (tertiary/aromatic N) is 3. The summed E-state index contributed by atoms with van der Waals surface area (Å²) in [5, 5.41) is 28.9. The topological polar surface area (TPSA) is 154 Å². The van der Waals surface area contributed by atoms with Crippen molar-refractivity contribution in [2.24, 2.45) is 10.2 Å². The van der Waals surface area contributed by atoms with Crippen LogP contribution in [0.25, 0.3) is 10.9 Å². The number of hydrogen-bond donors (Lipinski definition) is 4. The van der Waals surface area contributed by atoms with Crippen LogP contribution in [0.4, 0.5) is 11.4 Å². The van der Waals surface area contributed by atoms with Crippen LogP contribution < -0.4 is 15.6 Å². The second kappa shape index (κ2) is 7.89. The van der Waals surface area contributed by atoms with E-state index in [1.807, 2.05) is 24.3 Å². The number of carbonyl (C=O) groups is 1. The summed E-state index contributed by atoms with van der Waals surface area (Å²) < 4.78 is 5.14. The number of benzene rings is 2. The summed E-state index contributed by atoms with van der Waals surface area (Å²) >= 11 is 0. The van der Waals surface area contributed by atoms with Crippen LogP contribution in [-0.2, 0) is 4.79 Å². The van der Waals surface area contributed by atoms with Gasteiger partial charge in [-0.1, -0.05) is 12.1 Å². The molecule has 1 saturated heterocycles. The normalized spacial score (nSPS) is 18.8. The number of aromatic nitrogens is 1. The number of non-ortho nitro benzene ring substituents is 1. The van der Waals surface area contributed by atoms with Crippen LogP contribution in [-0.4, -0.2) is 34.1 Å². The number of hydrazine groups is 1. The number of rotatable bonds is 5. The number of nitrogens with one attached hydrogen (secondary N) is 3. The zero-order valence-electron chi connectivity index (χ0n) is 15.8. The number of fused-ring (bicyclic) bond motifs is 1. The molecule has 2 heterocycles. The molecule has 0 radical (unpaired) electrons. The third-order valence-electron chi connectivity index (χ3n) is 4.91. The van der Waals surface area contributed by atoms with Gasteiger partial charge in [-0.2, -0.15) is 0 Å². The summed E-state index contributed by atoms with van der Waals surface area (Å²) in [5.74, 6) is -0.113. The number of methoxy groups -OCH3 is 1. The third-order valence-corrected chi connectivity index (χ3v) is 4.91. The minimum Gasteiger partial charge on any atom is -0.497 e. The fourth-order valence-corrected chi connectivity index (χ4v) is 3.31. The molecule has 0 aliphatic carbocycles. The predicted molar refractivity (Wildman–Crippen MR) is 107 cm³/mol. The highest BCUT2D eigenvalue weighted by Crippen LogP contribution is 2.37. The Kier molecular flexibility index (Phi) is 5.12. The van der Waals surface area contributed by atoms with Gasteiger partial charge in [-0.05, 0) is 30.2 Å². The zero-order valence-corrected chi connectivity index (χ0v) is 15.8. The molecular weight excluding hydrogens is 392 g/mol. The van der Waals surface area contributed by atoms with Gasteiger partial charge in [0.05, 0.1) is 17.5 Å². The van der Waals surface area contributed by atoms with Gasteiger partial charge in [0.1, 0.15) is 11.8 Å². The van der Waals surface area contributed by atoms with Gasteiger partial charge in [0, 0.05) is 23.6 Å². The Morgan fingerprint density at radius 2 is 2.00 bits per heavy atom. The van der Waals surface area contributed by atoms with Crippen LogP contribution in [0.5, 0.6) is 11.6 Å². The molecule has 2 atom stereocenters. The predicted octanol–water partition coefficient (Wildman–Crippen LogP) is 3.01. The summed E-state index contributed by atoms with van der Waals surface area (Å²) in [6.07, 6.45) is 0.454. The first-order chi connectivity index (χ1) is 14.5. The van der Waals surface area contributed by atoms with Crippen molar-refractivity contribution in [3.8, 4) is 11.6 Å². The molecular formula is C19H18N6O5. The molecule has 2 aromatic carbocycles. The summed E-state index contributed by atoms with van der Waals surface area (Å²) in [4.78, 5) is 25.5. The molecule has 30 heavy (non-hydrogen) atoms. The van der Waals surface area contributed by atoms with E-state index in [4.69, 9.17) is 4.74 Å². The molecule has 1 amide bonds. The molecule has 0 spiro atoms. The Bertz CT molecular complexity index is 1140. The average Bonchev–Trinajstić information content (AvgIpc) is 3.36. The van der Waals surface area contributed by atoms with Crippen LogP contribution >= 0.6 is 0 Å². The lowest BCUT2D eigenvalue weighted by Gasteiger charge is -2.09. The van der Waals surface area contributed by atoms with E-state index in [2.05, 4.69) is 26.1 Å². The highest BCUT2D eigenvalue weighted by atomic mass is 16.6. The van der Waals surface area contributed by atoms with Crippen molar-refractivity contribution in [3.05, 3.63) is 58.1 Å². The van der Waals surface area contributed by atoms with Crippen molar-refractivity contribution in [1.82, 2.24) is 15.8 Å². The van der Waals surface area contributed by atoms with E-state index in [1.165, 1.54) is 18.2 Å². The lowest BCUT2D eigenvalue weighted by atomic mass is 10.0. The third kappa shape index (κ3) is 3.71. The van der Waals surface area contributed by atoms with Crippen molar-refractivity contribution < 1.29 is 19.6 Å². The smallest absolute Gasteiger partial charge is 0.282 e. The highest BCUT2D eigenvalue weighted by Gasteiger charge is 2.30. The Labute approximate surface area is 169 Å². The van der Waals surface area contributed by atoms with Crippen molar-refractivity contribution in [2.45, 2.75) is 18.5 Å². The Hall–Kier alpha value is -3.83. The fraction of sp³-hybridized carbons (Fsp3) is 0.211. The van der Waals surface area contributed by atoms with Gasteiger partial charge in [0.25, 0.3) is 11.6 Å². The number of aromatic hydroxyl groups is 1. The maximum atomic E-state index is 12.5. The van der Waals surface area contributed by atoms with E-state index in [-0.39, 0.29) is 23.3 Å². The first-order valence-corrected chi connectivity index (χ1v) is 9.06. The van der Waals surface area contributed by atoms with Crippen LogP contribution in [0.1, 0.15) is 18.0 Å². The zero-order chi connectivity index (χ0) is 21.3. The Balaban J connectivity index is 1.49. The lowest BCUT2D eigenvalue weighted by molar-refractivity contribution is -0.384. The molecule has 1 aliphatic heterocycles. The van der Waals surface area contributed by atoms with Crippen molar-refractivity contribution >= 4 is 28.2 Å². The van der Waals surface area contributed by atoms with Crippen LogP contribution in [0.3, 0.4) is 0 Å². The lowest BCUT2D eigenvalue weighted by Crippen LogP contribution is -2.35. The van der Waals surface area contributed by atoms with Crippen molar-refractivity contribution in [3.63, 3.8) is 0 Å². The number of H-pyrrole nitrogens is 1. The number of hydrogen-bond acceptors (Lipinski definition) is 8. The SMILES string of the molecule is COc1ccc(C2CC(C(=O)N=Nc3c(O)[nH]c4ccc([N+](=O)[O-])cc34)NN2)cc1. The molecule has 11 nitrogen and oxygen atoms in total. The molecule has 3 aromatic rings. The number of nitro groups is 1. The minimum atomic E-state index is -0.609.